The highest BCUT2D eigenvalue weighted by Crippen LogP contribution is 2.29. The van der Waals surface area contributed by atoms with E-state index in [2.05, 4.69) is 10.6 Å². The van der Waals surface area contributed by atoms with Gasteiger partial charge in [-0.2, -0.15) is 0 Å². The summed E-state index contributed by atoms with van der Waals surface area (Å²) in [5.74, 6) is 0.221. The maximum atomic E-state index is 13.4. The topological polar surface area (TPSA) is 64.7 Å². The van der Waals surface area contributed by atoms with Crippen molar-refractivity contribution in [3.8, 4) is 0 Å². The van der Waals surface area contributed by atoms with Gasteiger partial charge in [-0.3, -0.25) is 4.79 Å². The quantitative estimate of drug-likeness (QED) is 0.696. The minimum atomic E-state index is -0.217. The minimum absolute atomic E-state index is 0.0990. The van der Waals surface area contributed by atoms with Gasteiger partial charge in [0, 0.05) is 32.2 Å². The number of hydrogen-bond donors (Lipinski definition) is 2. The molecule has 1 saturated heterocycles. The first-order valence-corrected chi connectivity index (χ1v) is 11.6. The zero-order valence-corrected chi connectivity index (χ0v) is 18.9. The fourth-order valence-electron chi connectivity index (χ4n) is 4.83. The molecule has 1 aliphatic heterocycles. The van der Waals surface area contributed by atoms with Crippen LogP contribution < -0.4 is 10.6 Å². The monoisotopic (exact) mass is 432 g/mol. The Labute approximate surface area is 185 Å². The SMILES string of the molecule is CN(C)CCNC(=O)N[C@@H]1CCCC[C@@H]1C(=O)N1CCC[C@@H](Cc2ccc(F)cc2)C1. The third-order valence-corrected chi connectivity index (χ3v) is 6.51. The van der Waals surface area contributed by atoms with Gasteiger partial charge in [-0.05, 0) is 69.8 Å². The third kappa shape index (κ3) is 7.20. The Morgan fingerprint density at radius 1 is 1.10 bits per heavy atom. The van der Waals surface area contributed by atoms with Crippen molar-refractivity contribution in [1.82, 2.24) is 20.4 Å². The maximum absolute atomic E-state index is 13.4. The molecule has 1 aromatic carbocycles. The Balaban J connectivity index is 1.54. The molecule has 1 saturated carbocycles. The number of likely N-dealkylation sites (tertiary alicyclic amines) is 1. The molecule has 31 heavy (non-hydrogen) atoms. The smallest absolute Gasteiger partial charge is 0.315 e. The molecule has 0 aromatic heterocycles. The number of urea groups is 1. The zero-order valence-electron chi connectivity index (χ0n) is 18.9. The van der Waals surface area contributed by atoms with Crippen LogP contribution in [0.1, 0.15) is 44.1 Å². The van der Waals surface area contributed by atoms with Gasteiger partial charge in [0.05, 0.1) is 5.92 Å². The lowest BCUT2D eigenvalue weighted by Crippen LogP contribution is -2.53. The van der Waals surface area contributed by atoms with Gasteiger partial charge in [-0.1, -0.05) is 25.0 Å². The van der Waals surface area contributed by atoms with Crippen molar-refractivity contribution in [2.45, 2.75) is 51.0 Å². The first kappa shape index (κ1) is 23.5. The van der Waals surface area contributed by atoms with Crippen molar-refractivity contribution < 1.29 is 14.0 Å². The molecule has 0 spiro atoms. The Bertz CT molecular complexity index is 725. The van der Waals surface area contributed by atoms with Crippen LogP contribution in [-0.4, -0.2) is 68.1 Å². The van der Waals surface area contributed by atoms with Crippen LogP contribution in [0.4, 0.5) is 9.18 Å². The molecule has 6 nitrogen and oxygen atoms in total. The summed E-state index contributed by atoms with van der Waals surface area (Å²) in [6.45, 7) is 2.90. The van der Waals surface area contributed by atoms with Crippen molar-refractivity contribution in [3.63, 3.8) is 0 Å². The second-order valence-corrected chi connectivity index (χ2v) is 9.32. The van der Waals surface area contributed by atoms with Crippen LogP contribution in [0.25, 0.3) is 0 Å². The normalized spacial score (nSPS) is 24.1. The van der Waals surface area contributed by atoms with E-state index < -0.39 is 0 Å². The Kier molecular flexibility index (Phi) is 8.69. The highest BCUT2D eigenvalue weighted by atomic mass is 19.1. The molecule has 3 rings (SSSR count). The summed E-state index contributed by atoms with van der Waals surface area (Å²) in [6, 6.07) is 6.40. The van der Waals surface area contributed by atoms with Gasteiger partial charge in [0.2, 0.25) is 5.91 Å². The second kappa shape index (κ2) is 11.5. The van der Waals surface area contributed by atoms with Gasteiger partial charge in [0.15, 0.2) is 0 Å². The number of nitrogens with zero attached hydrogens (tertiary/aromatic N) is 2. The molecule has 1 aromatic rings. The van der Waals surface area contributed by atoms with E-state index in [1.54, 1.807) is 0 Å². The number of rotatable bonds is 7. The minimum Gasteiger partial charge on any atom is -0.342 e. The van der Waals surface area contributed by atoms with Crippen molar-refractivity contribution in [2.24, 2.45) is 11.8 Å². The molecular weight excluding hydrogens is 395 g/mol. The van der Waals surface area contributed by atoms with Crippen LogP contribution in [0.3, 0.4) is 0 Å². The molecule has 1 aliphatic carbocycles. The van der Waals surface area contributed by atoms with Crippen LogP contribution in [0, 0.1) is 17.7 Å². The van der Waals surface area contributed by atoms with E-state index in [0.717, 1.165) is 70.1 Å². The molecule has 0 unspecified atom stereocenters. The van der Waals surface area contributed by atoms with E-state index in [0.29, 0.717) is 12.5 Å². The highest BCUT2D eigenvalue weighted by Gasteiger charge is 2.36. The van der Waals surface area contributed by atoms with Crippen LogP contribution in [-0.2, 0) is 11.2 Å². The molecule has 0 radical (unpaired) electrons. The Hall–Kier alpha value is -2.15. The highest BCUT2D eigenvalue weighted by molar-refractivity contribution is 5.81. The van der Waals surface area contributed by atoms with Crippen molar-refractivity contribution in [3.05, 3.63) is 35.6 Å². The number of piperidine rings is 1. The molecule has 1 heterocycles. The van der Waals surface area contributed by atoms with Gasteiger partial charge in [0.25, 0.3) is 0 Å². The fraction of sp³-hybridized carbons (Fsp3) is 0.667. The lowest BCUT2D eigenvalue weighted by molar-refractivity contribution is -0.139. The van der Waals surface area contributed by atoms with E-state index in [1.807, 2.05) is 36.0 Å². The van der Waals surface area contributed by atoms with E-state index in [4.69, 9.17) is 0 Å². The van der Waals surface area contributed by atoms with Crippen LogP contribution >= 0.6 is 0 Å². The molecular formula is C24H37FN4O2. The summed E-state index contributed by atoms with van der Waals surface area (Å²) in [5, 5.41) is 5.96. The summed E-state index contributed by atoms with van der Waals surface area (Å²) >= 11 is 0. The molecule has 0 bridgehead atoms. The van der Waals surface area contributed by atoms with Crippen LogP contribution in [0.15, 0.2) is 24.3 Å². The second-order valence-electron chi connectivity index (χ2n) is 9.32. The number of carbonyl (C=O) groups excluding carboxylic acids is 2. The molecule has 3 atom stereocenters. The van der Waals surface area contributed by atoms with E-state index in [1.165, 1.54) is 12.1 Å². The molecule has 3 amide bonds. The third-order valence-electron chi connectivity index (χ3n) is 6.51. The first-order valence-electron chi connectivity index (χ1n) is 11.6. The van der Waals surface area contributed by atoms with Crippen molar-refractivity contribution in [2.75, 3.05) is 40.3 Å². The Morgan fingerprint density at radius 2 is 1.84 bits per heavy atom. The zero-order chi connectivity index (χ0) is 22.2. The van der Waals surface area contributed by atoms with Gasteiger partial charge in [0.1, 0.15) is 5.82 Å². The predicted molar refractivity (Wildman–Crippen MR) is 120 cm³/mol. The molecule has 2 N–H and O–H groups in total. The number of benzene rings is 1. The van der Waals surface area contributed by atoms with Gasteiger partial charge in [-0.25, -0.2) is 9.18 Å². The predicted octanol–water partition coefficient (Wildman–Crippen LogP) is 3.03. The van der Waals surface area contributed by atoms with E-state index in [9.17, 15) is 14.0 Å². The summed E-state index contributed by atoms with van der Waals surface area (Å²) in [5.41, 5.74) is 1.12. The Morgan fingerprint density at radius 3 is 2.58 bits per heavy atom. The fourth-order valence-corrected chi connectivity index (χ4v) is 4.83. The van der Waals surface area contributed by atoms with Crippen molar-refractivity contribution in [1.29, 1.82) is 0 Å². The number of carbonyl (C=O) groups is 2. The van der Waals surface area contributed by atoms with Crippen LogP contribution in [0.2, 0.25) is 0 Å². The maximum Gasteiger partial charge on any atom is 0.315 e. The van der Waals surface area contributed by atoms with Gasteiger partial charge < -0.3 is 20.4 Å². The molecule has 2 aliphatic rings. The number of nitrogens with one attached hydrogen (secondary N) is 2. The van der Waals surface area contributed by atoms with Crippen molar-refractivity contribution >= 4 is 11.9 Å². The van der Waals surface area contributed by atoms with E-state index >= 15 is 0 Å². The standard InChI is InChI=1S/C24H37FN4O2/c1-28(2)15-13-26-24(31)27-22-8-4-3-7-21(22)23(30)29-14-5-6-19(17-29)16-18-9-11-20(25)12-10-18/h9-12,19,21-22H,3-8,13-17H2,1-2H3,(H2,26,27,31)/t19-,21-,22+/m0/s1. The summed E-state index contributed by atoms with van der Waals surface area (Å²) in [7, 11) is 3.94. The number of halogens is 1. The average molecular weight is 433 g/mol. The van der Waals surface area contributed by atoms with E-state index in [-0.39, 0.29) is 29.7 Å². The summed E-state index contributed by atoms with van der Waals surface area (Å²) in [6.07, 6.45) is 6.70. The molecule has 172 valence electrons. The van der Waals surface area contributed by atoms with Crippen LogP contribution in [0.5, 0.6) is 0 Å². The number of likely N-dealkylation sites (N-methyl/N-ethyl adjacent to an activating group) is 1. The average Bonchev–Trinajstić information content (AvgIpc) is 2.75. The lowest BCUT2D eigenvalue weighted by Gasteiger charge is -2.39. The summed E-state index contributed by atoms with van der Waals surface area (Å²) < 4.78 is 13.2. The largest absolute Gasteiger partial charge is 0.342 e. The van der Waals surface area contributed by atoms with Gasteiger partial charge >= 0.3 is 6.03 Å². The molecule has 7 heteroatoms. The summed E-state index contributed by atoms with van der Waals surface area (Å²) in [4.78, 5) is 29.7. The lowest BCUT2D eigenvalue weighted by atomic mass is 9.82. The molecule has 2 fully saturated rings. The number of hydrogen-bond acceptors (Lipinski definition) is 3. The first-order chi connectivity index (χ1) is 14.9. The number of amides is 3. The van der Waals surface area contributed by atoms with Gasteiger partial charge in [-0.15, -0.1) is 0 Å².